The zero-order valence-corrected chi connectivity index (χ0v) is 16.4. The van der Waals surface area contributed by atoms with Crippen LogP contribution in [0.4, 0.5) is 27.4 Å². The number of benzene rings is 1. The number of pyridine rings is 1. The molecule has 0 fully saturated rings. The van der Waals surface area contributed by atoms with E-state index in [0.29, 0.717) is 0 Å². The van der Waals surface area contributed by atoms with Crippen LogP contribution < -0.4 is 20.7 Å². The number of ether oxygens (including phenoxy) is 2. The third kappa shape index (κ3) is 4.66. The Balaban J connectivity index is 2.05. The molecule has 0 saturated carbocycles. The number of nitrogens with one attached hydrogen (secondary N) is 3. The van der Waals surface area contributed by atoms with Crippen LogP contribution >= 0.6 is 0 Å². The molecular weight excluding hydrogens is 407 g/mol. The molecule has 0 aliphatic rings. The van der Waals surface area contributed by atoms with Crippen molar-refractivity contribution < 1.29 is 27.6 Å². The van der Waals surface area contributed by atoms with Crippen molar-refractivity contribution in [2.45, 2.75) is 0 Å². The lowest BCUT2D eigenvalue weighted by Gasteiger charge is -2.15. The van der Waals surface area contributed by atoms with Crippen LogP contribution in [0, 0.1) is 5.82 Å². The molecule has 0 aliphatic heterocycles. The minimum Gasteiger partial charge on any atom is -0.492 e. The van der Waals surface area contributed by atoms with Gasteiger partial charge in [0.15, 0.2) is 23.1 Å². The topological polar surface area (TPSA) is 127 Å². The number of nitrogens with zero attached hydrogens (tertiary/aromatic N) is 3. The molecule has 31 heavy (non-hydrogen) atoms. The summed E-state index contributed by atoms with van der Waals surface area (Å²) in [6.45, 7) is -2.78. The monoisotopic (exact) mass is 429 g/mol. The number of esters is 1. The van der Waals surface area contributed by atoms with E-state index in [1.54, 1.807) is 0 Å². The normalized spacial score (nSPS) is 12.0. The maximum atomic E-state index is 14.1. The van der Waals surface area contributed by atoms with Crippen LogP contribution in [-0.4, -0.2) is 48.3 Å². The summed E-state index contributed by atoms with van der Waals surface area (Å²) in [5, 5.41) is 15.1. The molecule has 0 unspecified atom stereocenters. The van der Waals surface area contributed by atoms with Gasteiger partial charge >= 0.3 is 5.97 Å². The summed E-state index contributed by atoms with van der Waals surface area (Å²) >= 11 is 0. The van der Waals surface area contributed by atoms with Crippen molar-refractivity contribution in [3.63, 3.8) is 0 Å². The second kappa shape index (κ2) is 9.48. The van der Waals surface area contributed by atoms with Crippen LogP contribution in [0.15, 0.2) is 42.6 Å². The van der Waals surface area contributed by atoms with Gasteiger partial charge in [-0.05, 0) is 24.3 Å². The first-order chi connectivity index (χ1) is 16.1. The lowest BCUT2D eigenvalue weighted by molar-refractivity contribution is 0.0601. The Morgan fingerprint density at radius 3 is 2.68 bits per heavy atom. The molecule has 0 spiro atoms. The molecule has 3 N–H and O–H groups in total. The van der Waals surface area contributed by atoms with Crippen molar-refractivity contribution in [1.29, 1.82) is 0 Å². The highest BCUT2D eigenvalue weighted by atomic mass is 19.1. The van der Waals surface area contributed by atoms with E-state index in [4.69, 9.17) is 13.6 Å². The number of methoxy groups -OCH3 is 2. The van der Waals surface area contributed by atoms with Crippen LogP contribution in [0.1, 0.15) is 25.0 Å². The molecule has 3 rings (SSSR count). The van der Waals surface area contributed by atoms with Gasteiger partial charge in [0.05, 0.1) is 25.6 Å². The number of hydrogen-bond acceptors (Lipinski definition) is 9. The Hall–Kier alpha value is -4.28. The molecule has 11 heteroatoms. The second-order valence-corrected chi connectivity index (χ2v) is 5.91. The molecule has 0 bridgehead atoms. The Kier molecular flexibility index (Phi) is 5.37. The van der Waals surface area contributed by atoms with E-state index in [9.17, 15) is 14.0 Å². The summed E-state index contributed by atoms with van der Waals surface area (Å²) in [7, 11) is 2.48. The van der Waals surface area contributed by atoms with Gasteiger partial charge in [-0.1, -0.05) is 6.07 Å². The zero-order chi connectivity index (χ0) is 24.9. The average Bonchev–Trinajstić information content (AvgIpc) is 2.78. The number of halogens is 1. The van der Waals surface area contributed by atoms with Crippen LogP contribution in [0.5, 0.6) is 5.75 Å². The Morgan fingerprint density at radius 2 is 1.94 bits per heavy atom. The predicted octanol–water partition coefficient (Wildman–Crippen LogP) is 2.65. The van der Waals surface area contributed by atoms with E-state index < -0.39 is 24.7 Å². The molecule has 2 heterocycles. The molecule has 0 aliphatic carbocycles. The number of anilines is 4. The van der Waals surface area contributed by atoms with Crippen molar-refractivity contribution in [2.24, 2.45) is 0 Å². The van der Waals surface area contributed by atoms with Crippen molar-refractivity contribution in [3.8, 4) is 5.75 Å². The van der Waals surface area contributed by atoms with Gasteiger partial charge in [-0.25, -0.2) is 14.2 Å². The second-order valence-electron chi connectivity index (χ2n) is 5.91. The summed E-state index contributed by atoms with van der Waals surface area (Å²) in [6, 6.07) is 8.39. The number of para-hydroxylation sites is 1. The molecule has 0 atom stereocenters. The largest absolute Gasteiger partial charge is 0.492 e. The van der Waals surface area contributed by atoms with E-state index in [1.807, 2.05) is 5.32 Å². The molecule has 0 saturated heterocycles. The van der Waals surface area contributed by atoms with E-state index >= 15 is 0 Å². The van der Waals surface area contributed by atoms with Crippen LogP contribution in [0.25, 0.3) is 0 Å². The molecule has 10 nitrogen and oxygen atoms in total. The van der Waals surface area contributed by atoms with Gasteiger partial charge < -0.3 is 25.4 Å². The first-order valence-corrected chi connectivity index (χ1v) is 8.73. The number of aromatic nitrogens is 3. The van der Waals surface area contributed by atoms with Crippen LogP contribution in [-0.2, 0) is 4.74 Å². The highest BCUT2D eigenvalue weighted by Crippen LogP contribution is 2.32. The summed E-state index contributed by atoms with van der Waals surface area (Å²) < 4.78 is 45.7. The number of hydrogen-bond donors (Lipinski definition) is 3. The third-order valence-corrected chi connectivity index (χ3v) is 4.02. The quantitative estimate of drug-likeness (QED) is 0.486. The number of amides is 1. The molecule has 0 radical (unpaired) electrons. The molecular formula is C20H19FN6O4. The van der Waals surface area contributed by atoms with E-state index in [2.05, 4.69) is 25.8 Å². The summed E-state index contributed by atoms with van der Waals surface area (Å²) in [6.07, 6.45) is 1.43. The molecule has 1 amide bonds. The van der Waals surface area contributed by atoms with Crippen molar-refractivity contribution in [1.82, 2.24) is 20.5 Å². The fourth-order valence-corrected chi connectivity index (χ4v) is 2.64. The Labute approximate surface area is 181 Å². The number of rotatable bonds is 7. The number of carbonyl (C=O) groups excluding carboxylic acids is 2. The van der Waals surface area contributed by atoms with Crippen LogP contribution in [0.2, 0.25) is 0 Å². The minimum atomic E-state index is -2.78. The highest BCUT2D eigenvalue weighted by molar-refractivity contribution is 5.99. The average molecular weight is 429 g/mol. The lowest BCUT2D eigenvalue weighted by atomic mass is 10.2. The van der Waals surface area contributed by atoms with Crippen LogP contribution in [0.3, 0.4) is 0 Å². The summed E-state index contributed by atoms with van der Waals surface area (Å²) in [5.74, 6) is -2.39. The summed E-state index contributed by atoms with van der Waals surface area (Å²) in [4.78, 5) is 28.6. The third-order valence-electron chi connectivity index (χ3n) is 4.02. The highest BCUT2D eigenvalue weighted by Gasteiger charge is 2.19. The first-order valence-electron chi connectivity index (χ1n) is 10.2. The maximum absolute atomic E-state index is 14.1. The van der Waals surface area contributed by atoms with E-state index in [1.165, 1.54) is 56.8 Å². The van der Waals surface area contributed by atoms with Gasteiger partial charge in [-0.2, -0.15) is 0 Å². The Morgan fingerprint density at radius 1 is 1.10 bits per heavy atom. The minimum absolute atomic E-state index is 0.0290. The van der Waals surface area contributed by atoms with Gasteiger partial charge in [0, 0.05) is 23.4 Å². The van der Waals surface area contributed by atoms with E-state index in [0.717, 1.165) is 0 Å². The lowest BCUT2D eigenvalue weighted by Crippen LogP contribution is -2.21. The van der Waals surface area contributed by atoms with Gasteiger partial charge in [-0.15, -0.1) is 10.2 Å². The fourth-order valence-electron chi connectivity index (χ4n) is 2.64. The molecule has 2 aromatic heterocycles. The smallest absolute Gasteiger partial charge is 0.341 e. The van der Waals surface area contributed by atoms with Gasteiger partial charge in [0.2, 0.25) is 0 Å². The SMILES string of the molecule is [2H]C([2H])([2H])NC(=O)c1nnc(Nc2ncccc2C(=O)OC)cc1Nc1cccc(F)c1OC. The predicted molar refractivity (Wildman–Crippen MR) is 111 cm³/mol. The zero-order valence-electron chi connectivity index (χ0n) is 19.4. The molecule has 1 aromatic carbocycles. The first kappa shape index (κ1) is 17.6. The van der Waals surface area contributed by atoms with Crippen molar-refractivity contribution >= 4 is 34.9 Å². The fraction of sp³-hybridized carbons (Fsp3) is 0.150. The molecule has 160 valence electrons. The van der Waals surface area contributed by atoms with Gasteiger partial charge in [0.1, 0.15) is 11.4 Å². The van der Waals surface area contributed by atoms with E-state index in [-0.39, 0.29) is 40.0 Å². The van der Waals surface area contributed by atoms with Gasteiger partial charge in [-0.3, -0.25) is 4.79 Å². The maximum Gasteiger partial charge on any atom is 0.341 e. The van der Waals surface area contributed by atoms with Crippen molar-refractivity contribution in [3.05, 3.63) is 59.7 Å². The Bertz CT molecular complexity index is 1230. The van der Waals surface area contributed by atoms with Gasteiger partial charge in [0.25, 0.3) is 5.91 Å². The number of carbonyl (C=O) groups is 2. The summed E-state index contributed by atoms with van der Waals surface area (Å²) in [5.41, 5.74) is -0.171. The standard InChI is InChI=1S/C20H19FN6O4/c1-22-19(28)16-14(24-13-8-4-7-12(21)17(13)30-2)10-15(26-27-16)25-18-11(20(29)31-3)6-5-9-23-18/h4-10H,1-3H3,(H,22,28)(H2,23,24,25,26)/i1D3. The molecule has 3 aromatic rings. The van der Waals surface area contributed by atoms with Crippen molar-refractivity contribution in [2.75, 3.05) is 31.8 Å².